The summed E-state index contributed by atoms with van der Waals surface area (Å²) in [6, 6.07) is 0. The molecule has 26 nitrogen and oxygen atoms in total. The van der Waals surface area contributed by atoms with Gasteiger partial charge >= 0.3 is 41.5 Å². The Kier molecular flexibility index (Phi) is 29.6. The number of ether oxygens (including phenoxy) is 14. The average Bonchev–Trinajstić information content (AvgIpc) is 1.69. The van der Waals surface area contributed by atoms with Crippen molar-refractivity contribution in [2.75, 3.05) is 13.2 Å². The molecule has 14 heterocycles. The quantitative estimate of drug-likeness (QED) is 0.0418. The van der Waals surface area contributed by atoms with Crippen molar-refractivity contribution < 1.29 is 157 Å². The molecule has 0 unspecified atom stereocenters. The Hall–Kier alpha value is -2.50. The summed E-state index contributed by atoms with van der Waals surface area (Å²) in [5, 5.41) is 108. The fraction of sp³-hybridized carbons (Fsp3) is 0.841. The molecule has 0 amide bonds. The first-order valence-corrected chi connectivity index (χ1v) is 43.3. The Morgan fingerprint density at radius 1 is 0.504 bits per heavy atom. The third-order valence-corrected chi connectivity index (χ3v) is 28.0. The summed E-state index contributed by atoms with van der Waals surface area (Å²) in [5.74, 6) is -7.63. The van der Waals surface area contributed by atoms with Crippen LogP contribution < -0.4 is 29.6 Å². The smallest absolute Gasteiger partial charge is 0.479 e. The van der Waals surface area contributed by atoms with E-state index in [0.717, 1.165) is 101 Å². The first-order chi connectivity index (χ1) is 53.9. The van der Waals surface area contributed by atoms with Gasteiger partial charge in [-0.2, -0.15) is 0 Å². The molecule has 0 aromatic carbocycles. The number of carboxylic acids is 2. The van der Waals surface area contributed by atoms with Crippen molar-refractivity contribution in [3.63, 3.8) is 0 Å². The topological polar surface area (TPSA) is 366 Å². The normalized spacial score (nSPS) is 45.0. The third-order valence-electron chi connectivity index (χ3n) is 28.0. The van der Waals surface area contributed by atoms with Gasteiger partial charge in [0.1, 0.15) is 48.8 Å². The number of hydrogen-bond acceptors (Lipinski definition) is 24. The van der Waals surface area contributed by atoms with Gasteiger partial charge in [0.05, 0.1) is 86.5 Å². The molecular formula is C88H136NaO26+. The van der Waals surface area contributed by atoms with Crippen LogP contribution in [0.3, 0.4) is 0 Å². The number of aliphatic hydroxyl groups is 8. The monoisotopic (exact) mass is 1630 g/mol. The van der Waals surface area contributed by atoms with Crippen LogP contribution in [0.25, 0.3) is 0 Å². The molecule has 27 heteroatoms. The van der Waals surface area contributed by atoms with E-state index in [2.05, 4.69) is 53.0 Å². The van der Waals surface area contributed by atoms with Crippen LogP contribution in [0, 0.1) is 35.5 Å². The standard InChI is InChI=1S/2C44H68O13.Na/c2*1-25-21-34(55-44(23-25)35(46)12-11-31(54-44)24-41(6,50)40(48)49)26(2)9-10-30-14-18-43(53-30)19-15-33-39(57-43)36(47)29(5)38(52-33)32(45)22-28(4)37-27(3)13-17-42(56-37)16-7-8-20-51-42;/h2*9-10,23,26-28,30-39,45-47,50H,5,7-8,11-22,24H2,1-4,6H3,(H,48,49);/q;;+1/b2*10-9+;/t2*26-,27-,28+,30+,31+,32+,33-,34+,35-,36-,37+,38+,39-,41-,42+,43-,44-;/m11./s1. The predicted octanol–water partition coefficient (Wildman–Crippen LogP) is 7.43. The van der Waals surface area contributed by atoms with E-state index in [4.69, 9.17) is 66.3 Å². The van der Waals surface area contributed by atoms with Crippen LogP contribution in [0.1, 0.15) is 249 Å². The molecule has 6 spiro atoms. The summed E-state index contributed by atoms with van der Waals surface area (Å²) < 4.78 is 90.5. The molecule has 0 bridgehead atoms. The van der Waals surface area contributed by atoms with E-state index in [-0.39, 0.29) is 103 Å². The fourth-order valence-corrected chi connectivity index (χ4v) is 21.1. The fourth-order valence-electron chi connectivity index (χ4n) is 21.1. The van der Waals surface area contributed by atoms with Gasteiger partial charge in [-0.3, -0.25) is 0 Å². The average molecular weight is 1630 g/mol. The van der Waals surface area contributed by atoms with Crippen molar-refractivity contribution in [2.45, 2.75) is 417 Å². The largest absolute Gasteiger partial charge is 1.00 e. The van der Waals surface area contributed by atoms with Gasteiger partial charge < -0.3 is 117 Å². The summed E-state index contributed by atoms with van der Waals surface area (Å²) in [4.78, 5) is 23.2. The van der Waals surface area contributed by atoms with Gasteiger partial charge in [0.25, 0.3) is 0 Å². The van der Waals surface area contributed by atoms with E-state index >= 15 is 0 Å². The maximum absolute atomic E-state index is 11.6. The van der Waals surface area contributed by atoms with Crippen molar-refractivity contribution in [3.05, 3.63) is 71.9 Å². The number of carbonyl (C=O) groups is 2. The van der Waals surface area contributed by atoms with Crippen LogP contribution in [0.2, 0.25) is 0 Å². The van der Waals surface area contributed by atoms with E-state index in [9.17, 15) is 60.7 Å². The summed E-state index contributed by atoms with van der Waals surface area (Å²) in [5.41, 5.74) is -1.10. The minimum absolute atomic E-state index is 0. The molecular weight excluding hydrogens is 1500 g/mol. The van der Waals surface area contributed by atoms with Crippen LogP contribution in [-0.2, 0) is 75.9 Å². The molecule has 0 radical (unpaired) electrons. The van der Waals surface area contributed by atoms with Crippen LogP contribution in [0.5, 0.6) is 0 Å². The molecule has 0 aromatic heterocycles. The maximum atomic E-state index is 11.6. The van der Waals surface area contributed by atoms with Crippen molar-refractivity contribution in [1.82, 2.24) is 0 Å². The van der Waals surface area contributed by atoms with Crippen LogP contribution in [0.4, 0.5) is 0 Å². The minimum Gasteiger partial charge on any atom is -0.479 e. The molecule has 12 fully saturated rings. The van der Waals surface area contributed by atoms with Gasteiger partial charge in [-0.15, -0.1) is 0 Å². The van der Waals surface area contributed by atoms with Crippen molar-refractivity contribution >= 4 is 11.9 Å². The second-order valence-electron chi connectivity index (χ2n) is 37.7. The minimum atomic E-state index is -1.96. The van der Waals surface area contributed by atoms with E-state index in [1.54, 1.807) is 12.2 Å². The van der Waals surface area contributed by atoms with Crippen molar-refractivity contribution in [2.24, 2.45) is 35.5 Å². The van der Waals surface area contributed by atoms with E-state index in [1.165, 1.54) is 13.8 Å². The molecule has 34 atom stereocenters. The number of fused-ring (bicyclic) bond motifs is 2. The van der Waals surface area contributed by atoms with Gasteiger partial charge in [0, 0.05) is 76.0 Å². The number of aliphatic hydroxyl groups excluding tert-OH is 6. The first-order valence-electron chi connectivity index (χ1n) is 43.3. The van der Waals surface area contributed by atoms with Gasteiger partial charge in [0.2, 0.25) is 11.6 Å². The molecule has 12 saturated heterocycles. The molecule has 0 saturated carbocycles. The van der Waals surface area contributed by atoms with E-state index in [0.29, 0.717) is 113 Å². The number of carboxylic acid groups (broad SMARTS) is 2. The molecule has 644 valence electrons. The second-order valence-corrected chi connectivity index (χ2v) is 37.7. The SMILES string of the molecule is C=C1[C@@H](O)[C@@H]2O[C@]3(CC[C@H](/C=C/[C@@H](C)[C@@H]4CC(C)=C[C@@]5(O[C@H](C[C@@](C)(O)C(=O)O)CC[C@H]5O)O4)O3)CC[C@H]2O[C@@H]1[C@@H](O)C[C@H](C)[C@H]1O[C@@]2(CCCCO2)CC[C@H]1C.C=C1[C@@H](O)[C@@H]2O[C@]3(CC[C@H](/C=C/[C@@H](C)[C@@H]4CC(C)=C[C@@]5(O[C@H](C[C@@](C)(O)C(=O)O)CC[C@H]5O)O4)O3)CC[C@H]2O[C@@H]1[C@@H](O)C[C@H](C)[C@H]1O[C@@]2(CCCCO2)CC[C@H]1C.[Na+]. The molecule has 10 N–H and O–H groups in total. The molecule has 0 aromatic rings. The summed E-state index contributed by atoms with van der Waals surface area (Å²) in [6.45, 7) is 29.0. The van der Waals surface area contributed by atoms with Crippen LogP contribution >= 0.6 is 0 Å². The summed E-state index contributed by atoms with van der Waals surface area (Å²) in [7, 11) is 0. The maximum Gasteiger partial charge on any atom is 1.00 e. The number of hydrogen-bond donors (Lipinski definition) is 10. The van der Waals surface area contributed by atoms with Crippen molar-refractivity contribution in [3.8, 4) is 0 Å². The molecule has 14 rings (SSSR count). The van der Waals surface area contributed by atoms with Gasteiger partial charge in [0.15, 0.2) is 34.4 Å². The Morgan fingerprint density at radius 3 is 1.24 bits per heavy atom. The molecule has 14 aliphatic rings. The Morgan fingerprint density at radius 2 is 0.878 bits per heavy atom. The number of aliphatic carboxylic acids is 2. The van der Waals surface area contributed by atoms with Gasteiger partial charge in [-0.05, 0) is 190 Å². The summed E-state index contributed by atoms with van der Waals surface area (Å²) >= 11 is 0. The zero-order valence-electron chi connectivity index (χ0n) is 70.1. The van der Waals surface area contributed by atoms with E-state index in [1.807, 2.05) is 39.8 Å². The second kappa shape index (κ2) is 37.1. The zero-order valence-corrected chi connectivity index (χ0v) is 72.1. The Labute approximate surface area is 702 Å². The third kappa shape index (κ3) is 20.5. The number of rotatable bonds is 20. The first kappa shape index (κ1) is 91.7. The predicted molar refractivity (Wildman–Crippen MR) is 415 cm³/mol. The van der Waals surface area contributed by atoms with Crippen molar-refractivity contribution in [1.29, 1.82) is 0 Å². The summed E-state index contributed by atoms with van der Waals surface area (Å²) in [6.07, 6.45) is 18.7. The molecule has 0 aliphatic carbocycles. The van der Waals surface area contributed by atoms with Crippen LogP contribution in [0.15, 0.2) is 71.9 Å². The molecule has 14 aliphatic heterocycles. The van der Waals surface area contributed by atoms with Gasteiger partial charge in [-0.1, -0.05) is 90.2 Å². The molecule has 115 heavy (non-hydrogen) atoms. The Balaban J connectivity index is 0.000000211. The Bertz CT molecular complexity index is 3240. The van der Waals surface area contributed by atoms with E-state index < -0.39 is 143 Å². The van der Waals surface area contributed by atoms with Crippen LogP contribution in [-0.4, -0.2) is 244 Å². The zero-order chi connectivity index (χ0) is 81.8. The van der Waals surface area contributed by atoms with Gasteiger partial charge in [-0.25, -0.2) is 9.59 Å².